The number of rotatable bonds is 2. The number of aliphatic hydroxyl groups excluding tert-OH is 1. The van der Waals surface area contributed by atoms with Crippen LogP contribution in [0.2, 0.25) is 0 Å². The zero-order valence-electron chi connectivity index (χ0n) is 17.1. The van der Waals surface area contributed by atoms with Crippen LogP contribution in [0, 0.1) is 28.6 Å². The van der Waals surface area contributed by atoms with Gasteiger partial charge in [-0.25, -0.2) is 4.79 Å². The van der Waals surface area contributed by atoms with Crippen molar-refractivity contribution in [1.82, 2.24) is 0 Å². The second-order valence-electron chi connectivity index (χ2n) is 10.6. The second kappa shape index (κ2) is 6.14. The molecule has 4 aliphatic carbocycles. The average molecular weight is 405 g/mol. The third kappa shape index (κ3) is 2.34. The Morgan fingerprint density at radius 3 is 2.52 bits per heavy atom. The predicted molar refractivity (Wildman–Crippen MR) is 104 cm³/mol. The highest BCUT2D eigenvalue weighted by Crippen LogP contribution is 2.70. The van der Waals surface area contributed by atoms with Crippen molar-refractivity contribution in [2.45, 2.75) is 82.0 Å². The Bertz CT molecular complexity index is 777. The predicted octanol–water partition coefficient (Wildman–Crippen LogP) is 1.90. The minimum Gasteiger partial charge on any atom is -0.458 e. The molecule has 8 atom stereocenters. The fraction of sp³-hybridized carbons (Fsp3) is 0.826. The van der Waals surface area contributed by atoms with Gasteiger partial charge in [-0.05, 0) is 74.7 Å². The zero-order chi connectivity index (χ0) is 20.7. The lowest BCUT2D eigenvalue weighted by atomic mass is 9.41. The Morgan fingerprint density at radius 2 is 1.83 bits per heavy atom. The minimum atomic E-state index is -1.18. The molecule has 1 aliphatic heterocycles. The number of fused-ring (bicyclic) bond motifs is 5. The highest BCUT2D eigenvalue weighted by molar-refractivity contribution is 5.85. The van der Waals surface area contributed by atoms with Gasteiger partial charge in [0.2, 0.25) is 0 Å². The molecule has 6 nitrogen and oxygen atoms in total. The van der Waals surface area contributed by atoms with E-state index in [9.17, 15) is 24.9 Å². The Morgan fingerprint density at radius 1 is 1.07 bits per heavy atom. The molecule has 0 aromatic heterocycles. The number of carbonyl (C=O) groups excluding carboxylic acids is 2. The van der Waals surface area contributed by atoms with Gasteiger partial charge >= 0.3 is 5.97 Å². The van der Waals surface area contributed by atoms with Crippen LogP contribution in [0.1, 0.15) is 64.7 Å². The molecule has 6 heteroatoms. The van der Waals surface area contributed by atoms with Crippen molar-refractivity contribution in [2.75, 3.05) is 6.61 Å². The highest BCUT2D eigenvalue weighted by atomic mass is 16.5. The van der Waals surface area contributed by atoms with Gasteiger partial charge in [0.05, 0.1) is 22.7 Å². The van der Waals surface area contributed by atoms with Crippen LogP contribution in [0.25, 0.3) is 0 Å². The first-order valence-corrected chi connectivity index (χ1v) is 11.2. The van der Waals surface area contributed by atoms with Crippen LogP contribution >= 0.6 is 0 Å². The van der Waals surface area contributed by atoms with Crippen LogP contribution < -0.4 is 0 Å². The maximum atomic E-state index is 12.5. The largest absolute Gasteiger partial charge is 0.458 e. The highest BCUT2D eigenvalue weighted by Gasteiger charge is 2.71. The maximum absolute atomic E-state index is 12.5. The molecule has 3 unspecified atom stereocenters. The number of cyclic esters (lactones) is 1. The summed E-state index contributed by atoms with van der Waals surface area (Å²) in [7, 11) is 0. The maximum Gasteiger partial charge on any atom is 0.331 e. The summed E-state index contributed by atoms with van der Waals surface area (Å²) in [5.41, 5.74) is -2.34. The third-order valence-electron chi connectivity index (χ3n) is 9.85. The molecule has 3 N–H and O–H groups in total. The first-order chi connectivity index (χ1) is 13.7. The summed E-state index contributed by atoms with van der Waals surface area (Å²) in [5, 5.41) is 33.7. The van der Waals surface area contributed by atoms with Gasteiger partial charge in [-0.15, -0.1) is 0 Å². The van der Waals surface area contributed by atoms with Crippen LogP contribution in [-0.4, -0.2) is 51.5 Å². The number of hydrogen-bond donors (Lipinski definition) is 3. The number of esters is 1. The molecule has 0 amide bonds. The molecule has 160 valence electrons. The Kier molecular flexibility index (Phi) is 4.18. The molecule has 4 saturated carbocycles. The number of hydrogen-bond acceptors (Lipinski definition) is 6. The molecule has 0 radical (unpaired) electrons. The minimum absolute atomic E-state index is 0.0504. The van der Waals surface area contributed by atoms with Gasteiger partial charge in [-0.1, -0.05) is 6.92 Å². The summed E-state index contributed by atoms with van der Waals surface area (Å²) >= 11 is 0. The number of ether oxygens (including phenoxy) is 1. The number of aliphatic hydroxyl groups is 3. The normalized spacial score (nSPS) is 54.1. The van der Waals surface area contributed by atoms with E-state index in [-0.39, 0.29) is 35.6 Å². The lowest BCUT2D eigenvalue weighted by Crippen LogP contribution is -2.68. The van der Waals surface area contributed by atoms with Crippen molar-refractivity contribution in [3.63, 3.8) is 0 Å². The topological polar surface area (TPSA) is 104 Å². The molecule has 0 saturated heterocycles. The molecular formula is C23H32O6. The second-order valence-corrected chi connectivity index (χ2v) is 10.6. The van der Waals surface area contributed by atoms with Crippen molar-refractivity contribution < 1.29 is 29.6 Å². The van der Waals surface area contributed by atoms with E-state index in [1.807, 2.05) is 0 Å². The summed E-state index contributed by atoms with van der Waals surface area (Å²) < 4.78 is 5.15. The van der Waals surface area contributed by atoms with E-state index in [1.165, 1.54) is 0 Å². The number of carbonyl (C=O) groups is 2. The van der Waals surface area contributed by atoms with Gasteiger partial charge in [0.25, 0.3) is 0 Å². The number of aldehydes is 1. The van der Waals surface area contributed by atoms with Gasteiger partial charge in [-0.2, -0.15) is 0 Å². The Labute approximate surface area is 171 Å². The Balaban J connectivity index is 1.52. The van der Waals surface area contributed by atoms with Gasteiger partial charge < -0.3 is 24.9 Å². The van der Waals surface area contributed by atoms with Crippen molar-refractivity contribution in [3.8, 4) is 0 Å². The summed E-state index contributed by atoms with van der Waals surface area (Å²) in [6.07, 6.45) is 7.36. The van der Waals surface area contributed by atoms with Crippen LogP contribution in [0.3, 0.4) is 0 Å². The van der Waals surface area contributed by atoms with E-state index >= 15 is 0 Å². The summed E-state index contributed by atoms with van der Waals surface area (Å²) in [6, 6.07) is 0. The first kappa shape index (κ1) is 19.7. The monoisotopic (exact) mass is 404 g/mol. The van der Waals surface area contributed by atoms with Crippen molar-refractivity contribution >= 4 is 12.3 Å². The zero-order valence-corrected chi connectivity index (χ0v) is 17.1. The Hall–Kier alpha value is -1.24. The fourth-order valence-corrected chi connectivity index (χ4v) is 8.34. The van der Waals surface area contributed by atoms with E-state index in [4.69, 9.17) is 4.74 Å². The van der Waals surface area contributed by atoms with Crippen LogP contribution in [0.15, 0.2) is 11.6 Å². The molecule has 0 spiro atoms. The quantitative estimate of drug-likeness (QED) is 0.480. The van der Waals surface area contributed by atoms with Crippen LogP contribution in [-0.2, 0) is 14.3 Å². The average Bonchev–Trinajstić information content (AvgIpc) is 3.21. The van der Waals surface area contributed by atoms with Crippen molar-refractivity contribution in [2.24, 2.45) is 28.6 Å². The van der Waals surface area contributed by atoms with Gasteiger partial charge in [0, 0.05) is 17.9 Å². The third-order valence-corrected chi connectivity index (χ3v) is 9.85. The molecule has 5 aliphatic rings. The summed E-state index contributed by atoms with van der Waals surface area (Å²) in [5.74, 6) is -0.304. The van der Waals surface area contributed by atoms with E-state index in [1.54, 1.807) is 6.08 Å². The van der Waals surface area contributed by atoms with E-state index in [2.05, 4.69) is 6.92 Å². The molecule has 0 aromatic rings. The first-order valence-electron chi connectivity index (χ1n) is 11.2. The molecule has 0 bridgehead atoms. The molecule has 1 heterocycles. The fourth-order valence-electron chi connectivity index (χ4n) is 8.34. The lowest BCUT2D eigenvalue weighted by molar-refractivity contribution is -0.248. The standard InChI is InChI=1S/C23H32O6/c1-20-6-3-17-18(4-8-22(27)11-15(25)2-7-21(17,22)13-24)23(20,28)9-5-16(20)14-10-19(26)29-12-14/h10,13,15-18,25,27-28H,2-9,11-12H2,1H3/t15-,16?,17?,18?,20+,21-,22-,23-/m0/s1. The molecular weight excluding hydrogens is 372 g/mol. The van der Waals surface area contributed by atoms with E-state index < -0.39 is 22.7 Å². The van der Waals surface area contributed by atoms with E-state index in [0.717, 1.165) is 31.1 Å². The van der Waals surface area contributed by atoms with Crippen LogP contribution in [0.4, 0.5) is 0 Å². The van der Waals surface area contributed by atoms with Crippen molar-refractivity contribution in [1.29, 1.82) is 0 Å². The summed E-state index contributed by atoms with van der Waals surface area (Å²) in [6.45, 7) is 2.46. The van der Waals surface area contributed by atoms with E-state index in [0.29, 0.717) is 38.7 Å². The molecule has 5 rings (SSSR count). The molecule has 4 fully saturated rings. The van der Waals surface area contributed by atoms with Gasteiger partial charge in [-0.3, -0.25) is 0 Å². The molecule has 0 aromatic carbocycles. The van der Waals surface area contributed by atoms with Gasteiger partial charge in [0.1, 0.15) is 12.9 Å². The van der Waals surface area contributed by atoms with Crippen LogP contribution in [0.5, 0.6) is 0 Å². The van der Waals surface area contributed by atoms with Crippen molar-refractivity contribution in [3.05, 3.63) is 11.6 Å². The smallest absolute Gasteiger partial charge is 0.331 e. The lowest BCUT2D eigenvalue weighted by Gasteiger charge is -2.65. The molecule has 29 heavy (non-hydrogen) atoms. The SMILES string of the molecule is C[C@]12CCC3C(CC[C@]4(O)C[C@@H](O)CC[C@]34C=O)[C@@]1(O)CCC2C1=CC(=O)OC1. The summed E-state index contributed by atoms with van der Waals surface area (Å²) in [4.78, 5) is 24.1. The van der Waals surface area contributed by atoms with Gasteiger partial charge in [0.15, 0.2) is 0 Å².